The number of aryl methyl sites for hydroxylation is 2. The monoisotopic (exact) mass is 232 g/mol. The van der Waals surface area contributed by atoms with Crippen LogP contribution in [0.2, 0.25) is 0 Å². The van der Waals surface area contributed by atoms with Gasteiger partial charge in [0.15, 0.2) is 0 Å². The lowest BCUT2D eigenvalue weighted by Crippen LogP contribution is -2.11. The minimum Gasteiger partial charge on any atom is -0.478 e. The molecule has 0 amide bonds. The second-order valence-electron chi connectivity index (χ2n) is 3.68. The van der Waals surface area contributed by atoms with Gasteiger partial charge in [0.05, 0.1) is 11.4 Å². The fourth-order valence-corrected chi connectivity index (χ4v) is 1.62. The van der Waals surface area contributed by atoms with Gasteiger partial charge in [0, 0.05) is 18.7 Å². The van der Waals surface area contributed by atoms with Gasteiger partial charge in [-0.05, 0) is 26.8 Å². The van der Waals surface area contributed by atoms with E-state index in [1.54, 1.807) is 19.9 Å². The van der Waals surface area contributed by atoms with Crippen molar-refractivity contribution in [2.24, 2.45) is 0 Å². The Bertz CT molecular complexity index is 484. The predicted octanol–water partition coefficient (Wildman–Crippen LogP) is 2.22. The Kier molecular flexibility index (Phi) is 4.53. The van der Waals surface area contributed by atoms with Gasteiger partial charge in [0.2, 0.25) is 0 Å². The summed E-state index contributed by atoms with van der Waals surface area (Å²) in [6.07, 6.45) is 0.690. The Balaban J connectivity index is 2.94. The van der Waals surface area contributed by atoms with Crippen molar-refractivity contribution in [2.45, 2.75) is 27.2 Å². The molecule has 0 saturated carbocycles. The van der Waals surface area contributed by atoms with Crippen molar-refractivity contribution in [1.82, 2.24) is 4.98 Å². The molecule has 0 aliphatic carbocycles. The molecule has 0 radical (unpaired) electrons. The molecule has 17 heavy (non-hydrogen) atoms. The summed E-state index contributed by atoms with van der Waals surface area (Å²) in [5, 5.41) is 12.2. The van der Waals surface area contributed by atoms with E-state index in [1.807, 2.05) is 6.92 Å². The molecule has 0 aliphatic heterocycles. The van der Waals surface area contributed by atoms with Crippen molar-refractivity contribution in [1.29, 1.82) is 0 Å². The van der Waals surface area contributed by atoms with Crippen LogP contribution in [-0.2, 0) is 0 Å². The zero-order valence-corrected chi connectivity index (χ0v) is 10.3. The first-order valence-electron chi connectivity index (χ1n) is 5.41. The lowest BCUT2D eigenvalue weighted by atomic mass is 10.1. The van der Waals surface area contributed by atoms with Crippen molar-refractivity contribution >= 4 is 11.7 Å². The normalized spacial score (nSPS) is 9.35. The largest absolute Gasteiger partial charge is 0.478 e. The number of hydrogen-bond donors (Lipinski definition) is 2. The third-order valence-corrected chi connectivity index (χ3v) is 2.28. The van der Waals surface area contributed by atoms with E-state index >= 15 is 0 Å². The zero-order chi connectivity index (χ0) is 12.8. The first-order chi connectivity index (χ1) is 8.06. The van der Waals surface area contributed by atoms with E-state index in [0.717, 1.165) is 5.69 Å². The Labute approximate surface area is 101 Å². The van der Waals surface area contributed by atoms with Gasteiger partial charge in [-0.15, -0.1) is 11.8 Å². The number of hydrogen-bond acceptors (Lipinski definition) is 3. The number of aromatic carboxylic acids is 1. The molecule has 4 nitrogen and oxygen atoms in total. The summed E-state index contributed by atoms with van der Waals surface area (Å²) in [5.41, 5.74) is 2.18. The average molecular weight is 232 g/mol. The van der Waals surface area contributed by atoms with Crippen LogP contribution in [0, 0.1) is 25.7 Å². The van der Waals surface area contributed by atoms with Gasteiger partial charge in [-0.3, -0.25) is 4.98 Å². The quantitative estimate of drug-likeness (QED) is 0.617. The van der Waals surface area contributed by atoms with E-state index in [2.05, 4.69) is 22.1 Å². The van der Waals surface area contributed by atoms with Crippen LogP contribution >= 0.6 is 0 Å². The lowest BCUT2D eigenvalue weighted by Gasteiger charge is -2.11. The Morgan fingerprint density at radius 2 is 2.24 bits per heavy atom. The Hall–Kier alpha value is -2.02. The minimum atomic E-state index is -0.959. The van der Waals surface area contributed by atoms with Crippen LogP contribution in [0.1, 0.15) is 35.1 Å². The van der Waals surface area contributed by atoms with E-state index < -0.39 is 5.97 Å². The van der Waals surface area contributed by atoms with Crippen LogP contribution in [0.3, 0.4) is 0 Å². The fourth-order valence-electron chi connectivity index (χ4n) is 1.62. The second-order valence-corrected chi connectivity index (χ2v) is 3.68. The highest BCUT2D eigenvalue weighted by Crippen LogP contribution is 2.19. The van der Waals surface area contributed by atoms with Gasteiger partial charge in [-0.25, -0.2) is 4.79 Å². The summed E-state index contributed by atoms with van der Waals surface area (Å²) in [4.78, 5) is 15.3. The van der Waals surface area contributed by atoms with Gasteiger partial charge in [0.1, 0.15) is 5.56 Å². The van der Waals surface area contributed by atoms with Crippen LogP contribution in [0.5, 0.6) is 0 Å². The highest BCUT2D eigenvalue weighted by molar-refractivity contribution is 5.95. The molecule has 0 atom stereocenters. The van der Waals surface area contributed by atoms with E-state index in [9.17, 15) is 4.79 Å². The number of pyridine rings is 1. The smallest absolute Gasteiger partial charge is 0.339 e. The van der Waals surface area contributed by atoms with Crippen molar-refractivity contribution in [2.75, 3.05) is 11.9 Å². The highest BCUT2D eigenvalue weighted by Gasteiger charge is 2.14. The molecule has 1 heterocycles. The number of nitrogens with one attached hydrogen (secondary N) is 1. The van der Waals surface area contributed by atoms with Crippen LogP contribution in [0.25, 0.3) is 0 Å². The van der Waals surface area contributed by atoms with Gasteiger partial charge in [-0.2, -0.15) is 0 Å². The molecular weight excluding hydrogens is 216 g/mol. The molecule has 90 valence electrons. The third-order valence-electron chi connectivity index (χ3n) is 2.28. The first kappa shape index (κ1) is 13.0. The van der Waals surface area contributed by atoms with Crippen molar-refractivity contribution < 1.29 is 9.90 Å². The number of anilines is 1. The predicted molar refractivity (Wildman–Crippen MR) is 67.2 cm³/mol. The number of carboxylic acids is 1. The molecule has 4 heteroatoms. The first-order valence-corrected chi connectivity index (χ1v) is 5.41. The summed E-state index contributed by atoms with van der Waals surface area (Å²) in [6, 6.07) is 1.75. The summed E-state index contributed by atoms with van der Waals surface area (Å²) < 4.78 is 0. The highest BCUT2D eigenvalue weighted by atomic mass is 16.4. The lowest BCUT2D eigenvalue weighted by molar-refractivity contribution is 0.0696. The molecule has 1 aromatic rings. The number of rotatable bonds is 4. The van der Waals surface area contributed by atoms with Gasteiger partial charge in [0.25, 0.3) is 0 Å². The van der Waals surface area contributed by atoms with Crippen LogP contribution in [-0.4, -0.2) is 22.6 Å². The van der Waals surface area contributed by atoms with Crippen LogP contribution in [0.15, 0.2) is 6.07 Å². The average Bonchev–Trinajstić information content (AvgIpc) is 2.22. The molecular formula is C13H16N2O2. The molecule has 0 saturated heterocycles. The SMILES string of the molecule is CC#CCCNc1cc(C)nc(C)c1C(=O)O. The molecule has 0 bridgehead atoms. The van der Waals surface area contributed by atoms with E-state index in [1.165, 1.54) is 0 Å². The number of carbonyl (C=O) groups is 1. The topological polar surface area (TPSA) is 62.2 Å². The zero-order valence-electron chi connectivity index (χ0n) is 10.3. The summed E-state index contributed by atoms with van der Waals surface area (Å²) >= 11 is 0. The fraction of sp³-hybridized carbons (Fsp3) is 0.385. The minimum absolute atomic E-state index is 0.236. The molecule has 1 aromatic heterocycles. The van der Waals surface area contributed by atoms with Crippen LogP contribution in [0.4, 0.5) is 5.69 Å². The molecule has 0 fully saturated rings. The van der Waals surface area contributed by atoms with Gasteiger partial charge in [-0.1, -0.05) is 0 Å². The maximum atomic E-state index is 11.1. The second kappa shape index (κ2) is 5.90. The van der Waals surface area contributed by atoms with E-state index in [0.29, 0.717) is 24.3 Å². The summed E-state index contributed by atoms with van der Waals surface area (Å²) in [5.74, 6) is 4.76. The number of nitrogens with zero attached hydrogens (tertiary/aromatic N) is 1. The van der Waals surface area contributed by atoms with E-state index in [4.69, 9.17) is 5.11 Å². The van der Waals surface area contributed by atoms with Gasteiger partial charge < -0.3 is 10.4 Å². The molecule has 0 unspecified atom stereocenters. The number of carboxylic acid groups (broad SMARTS) is 1. The van der Waals surface area contributed by atoms with Crippen molar-refractivity contribution in [3.05, 3.63) is 23.0 Å². The van der Waals surface area contributed by atoms with Crippen LogP contribution < -0.4 is 5.32 Å². The number of aromatic nitrogens is 1. The third kappa shape index (κ3) is 3.49. The summed E-state index contributed by atoms with van der Waals surface area (Å²) in [7, 11) is 0. The van der Waals surface area contributed by atoms with Crippen molar-refractivity contribution in [3.63, 3.8) is 0 Å². The molecule has 2 N–H and O–H groups in total. The Morgan fingerprint density at radius 1 is 1.53 bits per heavy atom. The van der Waals surface area contributed by atoms with Crippen molar-refractivity contribution in [3.8, 4) is 11.8 Å². The maximum absolute atomic E-state index is 11.1. The summed E-state index contributed by atoms with van der Waals surface area (Å²) in [6.45, 7) is 5.95. The van der Waals surface area contributed by atoms with E-state index in [-0.39, 0.29) is 5.56 Å². The molecule has 0 aliphatic rings. The molecule has 1 rings (SSSR count). The maximum Gasteiger partial charge on any atom is 0.339 e. The standard InChI is InChI=1S/C13H16N2O2/c1-4-5-6-7-14-11-8-9(2)15-10(3)12(11)13(16)17/h8H,6-7H2,1-3H3,(H,14,15)(H,16,17). The van der Waals surface area contributed by atoms with Gasteiger partial charge >= 0.3 is 5.97 Å². The molecule has 0 spiro atoms. The Morgan fingerprint density at radius 3 is 2.82 bits per heavy atom. The molecule has 0 aromatic carbocycles.